The summed E-state index contributed by atoms with van der Waals surface area (Å²) in [7, 11) is 1.30. The largest absolute Gasteiger partial charge is 0.479 e. The van der Waals surface area contributed by atoms with Crippen LogP contribution in [0.1, 0.15) is 13.3 Å². The molecule has 0 radical (unpaired) electrons. The number of esters is 1. The molecule has 6 heteroatoms. The maximum Gasteiger partial charge on any atom is 0.346 e. The molecule has 0 saturated carbocycles. The molecule has 0 N–H and O–H groups in total. The zero-order valence-electron chi connectivity index (χ0n) is 9.43. The van der Waals surface area contributed by atoms with Crippen LogP contribution in [-0.4, -0.2) is 36.1 Å². The summed E-state index contributed by atoms with van der Waals surface area (Å²) < 4.78 is 15.2. The van der Waals surface area contributed by atoms with E-state index in [0.29, 0.717) is 19.6 Å². The molecule has 0 aromatic rings. The summed E-state index contributed by atoms with van der Waals surface area (Å²) in [6, 6.07) is 0. The van der Waals surface area contributed by atoms with Gasteiger partial charge in [-0.05, 0) is 37.3 Å². The van der Waals surface area contributed by atoms with Crippen LogP contribution in [0.25, 0.3) is 0 Å². The van der Waals surface area contributed by atoms with E-state index in [1.54, 1.807) is 6.08 Å². The van der Waals surface area contributed by atoms with Crippen LogP contribution in [0.5, 0.6) is 0 Å². The van der Waals surface area contributed by atoms with Gasteiger partial charge in [0.15, 0.2) is 0 Å². The van der Waals surface area contributed by atoms with E-state index in [1.807, 2.05) is 6.92 Å². The van der Waals surface area contributed by atoms with Crippen molar-refractivity contribution in [1.29, 1.82) is 0 Å². The van der Waals surface area contributed by atoms with Crippen molar-refractivity contribution in [2.45, 2.75) is 18.8 Å². The smallest absolute Gasteiger partial charge is 0.346 e. The molecular weight excluding hydrogens is 248 g/mol. The molecular formula is C10H16O4S2. The Morgan fingerprint density at radius 2 is 2.31 bits per heavy atom. The van der Waals surface area contributed by atoms with Gasteiger partial charge in [0.25, 0.3) is 0 Å². The highest BCUT2D eigenvalue weighted by molar-refractivity contribution is 8.23. The molecule has 1 atom stereocenters. The number of hydrogen-bond donors (Lipinski definition) is 0. The molecule has 0 aliphatic rings. The Morgan fingerprint density at radius 1 is 1.62 bits per heavy atom. The third kappa shape index (κ3) is 6.81. The fraction of sp³-hybridized carbons (Fsp3) is 0.600. The molecule has 0 aliphatic heterocycles. The van der Waals surface area contributed by atoms with Crippen LogP contribution in [0, 0.1) is 0 Å². The van der Waals surface area contributed by atoms with Gasteiger partial charge in [-0.15, -0.1) is 6.58 Å². The first-order valence-electron chi connectivity index (χ1n) is 4.79. The van der Waals surface area contributed by atoms with Crippen LogP contribution in [-0.2, 0) is 19.0 Å². The highest BCUT2D eigenvalue weighted by Crippen LogP contribution is 2.17. The predicted molar refractivity (Wildman–Crippen MR) is 68.4 cm³/mol. The first-order valence-corrected chi connectivity index (χ1v) is 6.08. The lowest BCUT2D eigenvalue weighted by atomic mass is 10.4. The van der Waals surface area contributed by atoms with Gasteiger partial charge in [-0.25, -0.2) is 4.79 Å². The van der Waals surface area contributed by atoms with Gasteiger partial charge in [0.1, 0.15) is 0 Å². The van der Waals surface area contributed by atoms with Crippen molar-refractivity contribution >= 4 is 34.3 Å². The highest BCUT2D eigenvalue weighted by atomic mass is 32.2. The average Bonchev–Trinajstić information content (AvgIpc) is 2.27. The number of thiocarbonyl (C=S) groups is 1. The monoisotopic (exact) mass is 264 g/mol. The molecule has 0 bridgehead atoms. The van der Waals surface area contributed by atoms with Crippen LogP contribution >= 0.6 is 24.0 Å². The minimum atomic E-state index is -0.774. The molecule has 0 amide bonds. The molecule has 0 spiro atoms. The number of hydrogen-bond acceptors (Lipinski definition) is 6. The Bertz CT molecular complexity index is 243. The number of ether oxygens (including phenoxy) is 3. The Hall–Kier alpha value is -0.590. The van der Waals surface area contributed by atoms with Crippen LogP contribution in [0.15, 0.2) is 12.7 Å². The lowest BCUT2D eigenvalue weighted by Crippen LogP contribution is -2.24. The maximum atomic E-state index is 11.3. The number of methoxy groups -OCH3 is 1. The SMILES string of the molecule is C=CCCOC(SC(=S)OCC)C(=O)OC. The van der Waals surface area contributed by atoms with Gasteiger partial charge in [0.05, 0.1) is 20.3 Å². The second-order valence-electron chi connectivity index (χ2n) is 2.60. The normalized spacial score (nSPS) is 11.6. The first kappa shape index (κ1) is 15.4. The van der Waals surface area contributed by atoms with Gasteiger partial charge >= 0.3 is 5.97 Å². The van der Waals surface area contributed by atoms with Gasteiger partial charge in [-0.3, -0.25) is 0 Å². The summed E-state index contributed by atoms with van der Waals surface area (Å²) in [5, 5.41) is 0. The van der Waals surface area contributed by atoms with Gasteiger partial charge in [-0.1, -0.05) is 6.08 Å². The van der Waals surface area contributed by atoms with Crippen molar-refractivity contribution in [3.63, 3.8) is 0 Å². The second kappa shape index (κ2) is 9.62. The maximum absolute atomic E-state index is 11.3. The van der Waals surface area contributed by atoms with Gasteiger partial charge in [0.2, 0.25) is 9.82 Å². The minimum absolute atomic E-state index is 0.275. The highest BCUT2D eigenvalue weighted by Gasteiger charge is 2.22. The van der Waals surface area contributed by atoms with Gasteiger partial charge < -0.3 is 14.2 Å². The van der Waals surface area contributed by atoms with Crippen molar-refractivity contribution in [2.24, 2.45) is 0 Å². The van der Waals surface area contributed by atoms with Crippen molar-refractivity contribution in [2.75, 3.05) is 20.3 Å². The Morgan fingerprint density at radius 3 is 2.81 bits per heavy atom. The van der Waals surface area contributed by atoms with E-state index in [4.69, 9.17) is 21.7 Å². The second-order valence-corrected chi connectivity index (χ2v) is 4.27. The van der Waals surface area contributed by atoms with E-state index >= 15 is 0 Å². The van der Waals surface area contributed by atoms with Crippen LogP contribution in [0.3, 0.4) is 0 Å². The molecule has 0 fully saturated rings. The molecule has 16 heavy (non-hydrogen) atoms. The summed E-state index contributed by atoms with van der Waals surface area (Å²) in [6.07, 6.45) is 2.37. The van der Waals surface area contributed by atoms with Crippen molar-refractivity contribution in [3.8, 4) is 0 Å². The molecule has 0 heterocycles. The predicted octanol–water partition coefficient (Wildman–Crippen LogP) is 2.13. The third-order valence-corrected chi connectivity index (χ3v) is 2.71. The van der Waals surface area contributed by atoms with Crippen molar-refractivity contribution < 1.29 is 19.0 Å². The lowest BCUT2D eigenvalue weighted by molar-refractivity contribution is -0.148. The van der Waals surface area contributed by atoms with Crippen LogP contribution in [0.2, 0.25) is 0 Å². The zero-order chi connectivity index (χ0) is 12.4. The summed E-state index contributed by atoms with van der Waals surface area (Å²) in [5.74, 6) is -0.476. The van der Waals surface area contributed by atoms with Crippen molar-refractivity contribution in [3.05, 3.63) is 12.7 Å². The van der Waals surface area contributed by atoms with Crippen LogP contribution < -0.4 is 0 Å². The zero-order valence-corrected chi connectivity index (χ0v) is 11.1. The molecule has 0 aliphatic carbocycles. The average molecular weight is 264 g/mol. The lowest BCUT2D eigenvalue weighted by Gasteiger charge is -2.14. The third-order valence-electron chi connectivity index (χ3n) is 1.45. The number of carbonyl (C=O) groups excluding carboxylic acids is 1. The van der Waals surface area contributed by atoms with Gasteiger partial charge in [0, 0.05) is 0 Å². The molecule has 1 unspecified atom stereocenters. The summed E-state index contributed by atoms with van der Waals surface area (Å²) in [4.78, 5) is 11.3. The quantitative estimate of drug-likeness (QED) is 0.231. The van der Waals surface area contributed by atoms with E-state index < -0.39 is 11.4 Å². The molecule has 0 aromatic carbocycles. The fourth-order valence-corrected chi connectivity index (χ4v) is 1.84. The summed E-state index contributed by atoms with van der Waals surface area (Å²) in [5.41, 5.74) is -0.774. The van der Waals surface area contributed by atoms with E-state index in [-0.39, 0.29) is 4.38 Å². The Kier molecular flexibility index (Phi) is 9.27. The minimum Gasteiger partial charge on any atom is -0.479 e. The van der Waals surface area contributed by atoms with E-state index in [1.165, 1.54) is 7.11 Å². The standard InChI is InChI=1S/C10H16O4S2/c1-4-6-7-14-9(8(11)12-3)16-10(15)13-5-2/h4,9H,1,5-7H2,2-3H3. The Labute approximate surface area is 105 Å². The van der Waals surface area contributed by atoms with Gasteiger partial charge in [-0.2, -0.15) is 0 Å². The Balaban J connectivity index is 4.14. The van der Waals surface area contributed by atoms with Crippen LogP contribution in [0.4, 0.5) is 0 Å². The number of rotatable bonds is 7. The topological polar surface area (TPSA) is 44.8 Å². The molecule has 0 aromatic heterocycles. The van der Waals surface area contributed by atoms with E-state index in [9.17, 15) is 4.79 Å². The summed E-state index contributed by atoms with van der Waals surface area (Å²) in [6.45, 7) is 6.24. The van der Waals surface area contributed by atoms with E-state index in [2.05, 4.69) is 11.3 Å². The van der Waals surface area contributed by atoms with Crippen molar-refractivity contribution in [1.82, 2.24) is 0 Å². The molecule has 0 rings (SSSR count). The first-order chi connectivity index (χ1) is 7.65. The fourth-order valence-electron chi connectivity index (χ4n) is 0.744. The number of thioether (sulfide) groups is 1. The summed E-state index contributed by atoms with van der Waals surface area (Å²) >= 11 is 5.94. The molecule has 92 valence electrons. The molecule has 4 nitrogen and oxygen atoms in total. The number of carbonyl (C=O) groups is 1. The van der Waals surface area contributed by atoms with E-state index in [0.717, 1.165) is 11.8 Å². The molecule has 0 saturated heterocycles.